The summed E-state index contributed by atoms with van der Waals surface area (Å²) in [6.45, 7) is 0.886. The van der Waals surface area contributed by atoms with Gasteiger partial charge in [0, 0.05) is 12.7 Å². The Hall–Kier alpha value is -1.23. The van der Waals surface area contributed by atoms with Crippen LogP contribution in [0.4, 0.5) is 5.82 Å². The third kappa shape index (κ3) is 6.47. The summed E-state index contributed by atoms with van der Waals surface area (Å²) >= 11 is 1.90. The van der Waals surface area contributed by atoms with E-state index in [1.807, 2.05) is 11.8 Å². The fraction of sp³-hybridized carbons (Fsp3) is 0.571. The zero-order valence-corrected chi connectivity index (χ0v) is 12.5. The van der Waals surface area contributed by atoms with Gasteiger partial charge in [0.15, 0.2) is 0 Å². The molecule has 1 rings (SSSR count). The number of carbonyl (C=O) groups is 1. The number of methoxy groups -OCH3 is 1. The van der Waals surface area contributed by atoms with E-state index in [-0.39, 0.29) is 5.97 Å². The van der Waals surface area contributed by atoms with Crippen molar-refractivity contribution in [3.8, 4) is 0 Å². The summed E-state index contributed by atoms with van der Waals surface area (Å²) in [5.74, 6) is 1.64. The second kappa shape index (κ2) is 9.67. The van der Waals surface area contributed by atoms with Gasteiger partial charge in [-0.2, -0.15) is 11.8 Å². The lowest BCUT2D eigenvalue weighted by atomic mass is 10.2. The standard InChI is InChI=1S/C14H22N2O2S/c1-18-14(17)12-7-9-16-13(11-12)15-8-5-3-4-6-10-19-2/h7,9,11H,3-6,8,10H2,1-2H3,(H,15,16). The molecule has 0 amide bonds. The average molecular weight is 282 g/mol. The van der Waals surface area contributed by atoms with E-state index in [2.05, 4.69) is 21.3 Å². The predicted octanol–water partition coefficient (Wildman–Crippen LogP) is 3.20. The molecule has 0 spiro atoms. The Labute approximate surface area is 119 Å². The number of hydrogen-bond acceptors (Lipinski definition) is 5. The molecule has 4 nitrogen and oxygen atoms in total. The van der Waals surface area contributed by atoms with Gasteiger partial charge in [-0.1, -0.05) is 12.8 Å². The zero-order valence-electron chi connectivity index (χ0n) is 11.6. The van der Waals surface area contributed by atoms with Gasteiger partial charge < -0.3 is 10.1 Å². The molecule has 0 atom stereocenters. The first-order valence-electron chi connectivity index (χ1n) is 6.55. The summed E-state index contributed by atoms with van der Waals surface area (Å²) in [7, 11) is 1.38. The van der Waals surface area contributed by atoms with Crippen molar-refractivity contribution in [1.82, 2.24) is 4.98 Å². The lowest BCUT2D eigenvalue weighted by Crippen LogP contribution is -2.06. The van der Waals surface area contributed by atoms with E-state index in [9.17, 15) is 4.79 Å². The van der Waals surface area contributed by atoms with E-state index in [4.69, 9.17) is 0 Å². The molecule has 0 aromatic carbocycles. The molecule has 1 N–H and O–H groups in total. The summed E-state index contributed by atoms with van der Waals surface area (Å²) in [6, 6.07) is 3.37. The average Bonchev–Trinajstić information content (AvgIpc) is 2.46. The Balaban J connectivity index is 2.24. The van der Waals surface area contributed by atoms with Crippen molar-refractivity contribution in [2.45, 2.75) is 25.7 Å². The van der Waals surface area contributed by atoms with E-state index >= 15 is 0 Å². The molecule has 19 heavy (non-hydrogen) atoms. The van der Waals surface area contributed by atoms with Crippen molar-refractivity contribution in [3.05, 3.63) is 23.9 Å². The van der Waals surface area contributed by atoms with Gasteiger partial charge >= 0.3 is 5.97 Å². The van der Waals surface area contributed by atoms with Crippen LogP contribution in [0.15, 0.2) is 18.3 Å². The molecule has 0 aliphatic carbocycles. The van der Waals surface area contributed by atoms with Gasteiger partial charge in [-0.05, 0) is 37.0 Å². The number of thioether (sulfide) groups is 1. The Bertz CT molecular complexity index is 385. The number of carbonyl (C=O) groups excluding carboxylic acids is 1. The monoisotopic (exact) mass is 282 g/mol. The van der Waals surface area contributed by atoms with Crippen LogP contribution in [-0.2, 0) is 4.74 Å². The zero-order chi connectivity index (χ0) is 13.9. The minimum Gasteiger partial charge on any atom is -0.465 e. The van der Waals surface area contributed by atoms with Crippen LogP contribution in [-0.4, -0.2) is 36.6 Å². The maximum Gasteiger partial charge on any atom is 0.338 e. The first-order valence-corrected chi connectivity index (χ1v) is 7.94. The molecule has 1 aromatic heterocycles. The molecule has 0 unspecified atom stereocenters. The number of pyridine rings is 1. The van der Waals surface area contributed by atoms with Gasteiger partial charge in [-0.3, -0.25) is 0 Å². The molecule has 0 radical (unpaired) electrons. The second-order valence-electron chi connectivity index (χ2n) is 4.26. The highest BCUT2D eigenvalue weighted by atomic mass is 32.2. The summed E-state index contributed by atoms with van der Waals surface area (Å²) in [5, 5.41) is 3.23. The molecular weight excluding hydrogens is 260 g/mol. The fourth-order valence-electron chi connectivity index (χ4n) is 1.71. The highest BCUT2D eigenvalue weighted by Gasteiger charge is 2.05. The van der Waals surface area contributed by atoms with Crippen LogP contribution in [0.5, 0.6) is 0 Å². The molecule has 1 aromatic rings. The first-order chi connectivity index (χ1) is 9.27. The van der Waals surface area contributed by atoms with Crippen molar-refractivity contribution in [2.24, 2.45) is 0 Å². The molecule has 0 aliphatic rings. The highest BCUT2D eigenvalue weighted by Crippen LogP contribution is 2.09. The second-order valence-corrected chi connectivity index (χ2v) is 5.24. The summed E-state index contributed by atoms with van der Waals surface area (Å²) in [6.07, 6.45) is 8.67. The van der Waals surface area contributed by atoms with Gasteiger partial charge in [0.25, 0.3) is 0 Å². The maximum absolute atomic E-state index is 11.4. The summed E-state index contributed by atoms with van der Waals surface area (Å²) in [5.41, 5.74) is 0.528. The number of nitrogens with one attached hydrogen (secondary N) is 1. The lowest BCUT2D eigenvalue weighted by molar-refractivity contribution is 0.0600. The van der Waals surface area contributed by atoms with Gasteiger partial charge in [0.05, 0.1) is 12.7 Å². The predicted molar refractivity (Wildman–Crippen MR) is 80.9 cm³/mol. The smallest absolute Gasteiger partial charge is 0.338 e. The van der Waals surface area contributed by atoms with Crippen LogP contribution in [0, 0.1) is 0 Å². The Morgan fingerprint density at radius 3 is 2.89 bits per heavy atom. The Morgan fingerprint density at radius 1 is 1.37 bits per heavy atom. The quantitative estimate of drug-likeness (QED) is 0.557. The van der Waals surface area contributed by atoms with Crippen LogP contribution in [0.1, 0.15) is 36.0 Å². The van der Waals surface area contributed by atoms with Crippen LogP contribution in [0.3, 0.4) is 0 Å². The van der Waals surface area contributed by atoms with Crippen molar-refractivity contribution < 1.29 is 9.53 Å². The maximum atomic E-state index is 11.4. The van der Waals surface area contributed by atoms with Crippen molar-refractivity contribution in [1.29, 1.82) is 0 Å². The molecular formula is C14H22N2O2S. The van der Waals surface area contributed by atoms with Crippen LogP contribution < -0.4 is 5.32 Å². The number of ether oxygens (including phenoxy) is 1. The largest absolute Gasteiger partial charge is 0.465 e. The molecule has 0 saturated heterocycles. The van der Waals surface area contributed by atoms with Crippen molar-refractivity contribution in [2.75, 3.05) is 31.0 Å². The minimum absolute atomic E-state index is 0.331. The number of esters is 1. The van der Waals surface area contributed by atoms with Gasteiger partial charge in [-0.25, -0.2) is 9.78 Å². The molecule has 0 bridgehead atoms. The SMILES string of the molecule is COC(=O)c1ccnc(NCCCCCCSC)c1. The third-order valence-electron chi connectivity index (χ3n) is 2.76. The van der Waals surface area contributed by atoms with E-state index in [0.717, 1.165) is 18.8 Å². The van der Waals surface area contributed by atoms with Crippen LogP contribution >= 0.6 is 11.8 Å². The molecule has 0 saturated carbocycles. The number of rotatable bonds is 9. The highest BCUT2D eigenvalue weighted by molar-refractivity contribution is 7.98. The molecule has 106 valence electrons. The van der Waals surface area contributed by atoms with Gasteiger partial charge in [0.1, 0.15) is 5.82 Å². The number of aromatic nitrogens is 1. The summed E-state index contributed by atoms with van der Waals surface area (Å²) in [4.78, 5) is 15.5. The number of nitrogens with zero attached hydrogens (tertiary/aromatic N) is 1. The van der Waals surface area contributed by atoms with Crippen molar-refractivity contribution in [3.63, 3.8) is 0 Å². The first kappa shape index (κ1) is 15.8. The normalized spacial score (nSPS) is 10.2. The third-order valence-corrected chi connectivity index (χ3v) is 3.46. The van der Waals surface area contributed by atoms with Crippen LogP contribution in [0.2, 0.25) is 0 Å². The van der Waals surface area contributed by atoms with Gasteiger partial charge in [0.2, 0.25) is 0 Å². The van der Waals surface area contributed by atoms with E-state index in [1.54, 1.807) is 18.3 Å². The summed E-state index contributed by atoms with van der Waals surface area (Å²) < 4.78 is 4.68. The van der Waals surface area contributed by atoms with E-state index < -0.39 is 0 Å². The molecule has 0 fully saturated rings. The van der Waals surface area contributed by atoms with E-state index in [1.165, 1.54) is 32.1 Å². The van der Waals surface area contributed by atoms with Crippen molar-refractivity contribution >= 4 is 23.5 Å². The Morgan fingerprint density at radius 2 is 2.16 bits per heavy atom. The number of unbranched alkanes of at least 4 members (excludes halogenated alkanes) is 3. The lowest BCUT2D eigenvalue weighted by Gasteiger charge is -2.06. The van der Waals surface area contributed by atoms with Gasteiger partial charge in [-0.15, -0.1) is 0 Å². The molecule has 1 heterocycles. The van der Waals surface area contributed by atoms with Crippen LogP contribution in [0.25, 0.3) is 0 Å². The molecule has 5 heteroatoms. The molecule has 0 aliphatic heterocycles. The van der Waals surface area contributed by atoms with E-state index in [0.29, 0.717) is 5.56 Å². The topological polar surface area (TPSA) is 51.2 Å². The Kier molecular flexibility index (Phi) is 8.05. The fourth-order valence-corrected chi connectivity index (χ4v) is 2.21. The number of anilines is 1. The number of hydrogen-bond donors (Lipinski definition) is 1. The minimum atomic E-state index is -0.331.